The number of nitrogens with one attached hydrogen (secondary N) is 2. The maximum Gasteiger partial charge on any atom is 0.160 e. The van der Waals surface area contributed by atoms with Gasteiger partial charge >= 0.3 is 0 Å². The molecule has 1 heterocycles. The van der Waals surface area contributed by atoms with Crippen LogP contribution >= 0.6 is 0 Å². The van der Waals surface area contributed by atoms with E-state index in [0.29, 0.717) is 17.3 Å². The summed E-state index contributed by atoms with van der Waals surface area (Å²) in [5.41, 5.74) is 0.365. The Hall–Kier alpha value is -2.75. The van der Waals surface area contributed by atoms with E-state index in [1.807, 2.05) is 6.07 Å². The third-order valence-corrected chi connectivity index (χ3v) is 2.21. The SMILES string of the molecule is N#CCNc1cc(Nc2ccc(F)c(F)c2)ncn1. The van der Waals surface area contributed by atoms with Gasteiger partial charge in [-0.2, -0.15) is 5.26 Å². The maximum absolute atomic E-state index is 13.0. The lowest BCUT2D eigenvalue weighted by Gasteiger charge is -2.07. The zero-order valence-electron chi connectivity index (χ0n) is 9.69. The second-order valence-electron chi connectivity index (χ2n) is 3.55. The predicted octanol–water partition coefficient (Wildman–Crippen LogP) is 2.43. The molecule has 0 saturated heterocycles. The molecule has 0 aliphatic heterocycles. The number of nitriles is 1. The van der Waals surface area contributed by atoms with Gasteiger partial charge in [-0.3, -0.25) is 0 Å². The van der Waals surface area contributed by atoms with Crippen LogP contribution in [-0.4, -0.2) is 16.5 Å². The molecule has 0 saturated carbocycles. The average Bonchev–Trinajstić information content (AvgIpc) is 2.41. The normalized spacial score (nSPS) is 9.74. The highest BCUT2D eigenvalue weighted by molar-refractivity contribution is 5.58. The van der Waals surface area contributed by atoms with Gasteiger partial charge in [0.1, 0.15) is 24.5 Å². The van der Waals surface area contributed by atoms with Crippen molar-refractivity contribution in [2.45, 2.75) is 0 Å². The van der Waals surface area contributed by atoms with Crippen LogP contribution in [0.5, 0.6) is 0 Å². The van der Waals surface area contributed by atoms with Crippen molar-refractivity contribution in [2.75, 3.05) is 17.2 Å². The van der Waals surface area contributed by atoms with Gasteiger partial charge in [0.15, 0.2) is 11.6 Å². The Morgan fingerprint density at radius 1 is 1.11 bits per heavy atom. The summed E-state index contributed by atoms with van der Waals surface area (Å²) in [5.74, 6) is -0.991. The lowest BCUT2D eigenvalue weighted by atomic mass is 10.3. The van der Waals surface area contributed by atoms with Crippen LogP contribution < -0.4 is 10.6 Å². The quantitative estimate of drug-likeness (QED) is 0.827. The minimum absolute atomic E-state index is 0.113. The molecule has 0 aliphatic rings. The monoisotopic (exact) mass is 261 g/mol. The largest absolute Gasteiger partial charge is 0.357 e. The highest BCUT2D eigenvalue weighted by Crippen LogP contribution is 2.18. The molecule has 7 heteroatoms. The van der Waals surface area contributed by atoms with Crippen LogP contribution in [0.15, 0.2) is 30.6 Å². The Morgan fingerprint density at radius 2 is 1.89 bits per heavy atom. The third kappa shape index (κ3) is 3.35. The molecule has 1 aromatic carbocycles. The van der Waals surface area contributed by atoms with Gasteiger partial charge < -0.3 is 10.6 Å². The highest BCUT2D eigenvalue weighted by Gasteiger charge is 2.04. The van der Waals surface area contributed by atoms with Gasteiger partial charge in [-0.1, -0.05) is 0 Å². The van der Waals surface area contributed by atoms with E-state index >= 15 is 0 Å². The molecule has 19 heavy (non-hydrogen) atoms. The number of anilines is 3. The standard InChI is InChI=1S/C12H9F2N5/c13-9-2-1-8(5-10(9)14)19-12-6-11(16-4-3-15)17-7-18-12/h1-2,5-7H,4H2,(H2,16,17,18,19). The van der Waals surface area contributed by atoms with E-state index in [-0.39, 0.29) is 6.54 Å². The van der Waals surface area contributed by atoms with Crippen LogP contribution in [0, 0.1) is 23.0 Å². The van der Waals surface area contributed by atoms with Gasteiger partial charge in [-0.05, 0) is 12.1 Å². The minimum Gasteiger partial charge on any atom is -0.357 e. The molecule has 0 aliphatic carbocycles. The summed E-state index contributed by atoms with van der Waals surface area (Å²) in [4.78, 5) is 7.84. The van der Waals surface area contributed by atoms with Crippen molar-refractivity contribution in [3.8, 4) is 6.07 Å². The van der Waals surface area contributed by atoms with Gasteiger partial charge in [-0.25, -0.2) is 18.7 Å². The van der Waals surface area contributed by atoms with Gasteiger partial charge in [0.25, 0.3) is 0 Å². The molecule has 2 N–H and O–H groups in total. The first-order valence-electron chi connectivity index (χ1n) is 5.34. The van der Waals surface area contributed by atoms with E-state index in [1.54, 1.807) is 6.07 Å². The number of halogens is 2. The fraction of sp³-hybridized carbons (Fsp3) is 0.0833. The van der Waals surface area contributed by atoms with E-state index in [1.165, 1.54) is 12.4 Å². The second-order valence-corrected chi connectivity index (χ2v) is 3.55. The molecular weight excluding hydrogens is 252 g/mol. The first kappa shape index (κ1) is 12.7. The van der Waals surface area contributed by atoms with Crippen LogP contribution in [0.25, 0.3) is 0 Å². The van der Waals surface area contributed by atoms with E-state index in [4.69, 9.17) is 5.26 Å². The molecular formula is C12H9F2N5. The molecule has 96 valence electrons. The van der Waals surface area contributed by atoms with Crippen LogP contribution in [0.4, 0.5) is 26.1 Å². The summed E-state index contributed by atoms with van der Waals surface area (Å²) in [5, 5.41) is 14.0. The Morgan fingerprint density at radius 3 is 2.63 bits per heavy atom. The zero-order chi connectivity index (χ0) is 13.7. The fourth-order valence-electron chi connectivity index (χ4n) is 1.37. The van der Waals surface area contributed by atoms with E-state index < -0.39 is 11.6 Å². The molecule has 0 bridgehead atoms. The fourth-order valence-corrected chi connectivity index (χ4v) is 1.37. The zero-order valence-corrected chi connectivity index (χ0v) is 9.69. The molecule has 0 unspecified atom stereocenters. The van der Waals surface area contributed by atoms with E-state index in [0.717, 1.165) is 12.1 Å². The molecule has 0 radical (unpaired) electrons. The number of hydrogen-bond acceptors (Lipinski definition) is 5. The lowest BCUT2D eigenvalue weighted by Crippen LogP contribution is -2.02. The summed E-state index contributed by atoms with van der Waals surface area (Å²) < 4.78 is 25.8. The Balaban J connectivity index is 2.14. The van der Waals surface area contributed by atoms with E-state index in [2.05, 4.69) is 20.6 Å². The Labute approximate surface area is 107 Å². The van der Waals surface area contributed by atoms with Crippen LogP contribution in [-0.2, 0) is 0 Å². The maximum atomic E-state index is 13.0. The number of nitrogens with zero attached hydrogens (tertiary/aromatic N) is 3. The van der Waals surface area contributed by atoms with Crippen LogP contribution in [0.3, 0.4) is 0 Å². The van der Waals surface area contributed by atoms with Gasteiger partial charge in [-0.15, -0.1) is 0 Å². The molecule has 5 nitrogen and oxygen atoms in total. The summed E-state index contributed by atoms with van der Waals surface area (Å²) >= 11 is 0. The number of benzene rings is 1. The molecule has 0 atom stereocenters. The summed E-state index contributed by atoms with van der Waals surface area (Å²) in [7, 11) is 0. The van der Waals surface area contributed by atoms with Crippen LogP contribution in [0.2, 0.25) is 0 Å². The first-order valence-corrected chi connectivity index (χ1v) is 5.34. The van der Waals surface area contributed by atoms with Crippen LogP contribution in [0.1, 0.15) is 0 Å². The Kier molecular flexibility index (Phi) is 3.83. The number of hydrogen-bond donors (Lipinski definition) is 2. The van der Waals surface area contributed by atoms with Crippen molar-refractivity contribution in [3.05, 3.63) is 42.2 Å². The second kappa shape index (κ2) is 5.73. The third-order valence-electron chi connectivity index (χ3n) is 2.21. The van der Waals surface area contributed by atoms with Crippen molar-refractivity contribution in [2.24, 2.45) is 0 Å². The van der Waals surface area contributed by atoms with Gasteiger partial charge in [0, 0.05) is 17.8 Å². The van der Waals surface area contributed by atoms with Crippen molar-refractivity contribution in [3.63, 3.8) is 0 Å². The lowest BCUT2D eigenvalue weighted by molar-refractivity contribution is 0.509. The van der Waals surface area contributed by atoms with Crippen molar-refractivity contribution in [1.29, 1.82) is 5.26 Å². The number of aromatic nitrogens is 2. The predicted molar refractivity (Wildman–Crippen MR) is 65.8 cm³/mol. The van der Waals surface area contributed by atoms with Crippen molar-refractivity contribution in [1.82, 2.24) is 9.97 Å². The molecule has 1 aromatic heterocycles. The molecule has 2 aromatic rings. The van der Waals surface area contributed by atoms with E-state index in [9.17, 15) is 8.78 Å². The van der Waals surface area contributed by atoms with Crippen molar-refractivity contribution < 1.29 is 8.78 Å². The van der Waals surface area contributed by atoms with Crippen molar-refractivity contribution >= 4 is 17.3 Å². The molecule has 0 fully saturated rings. The summed E-state index contributed by atoms with van der Waals surface area (Å²) in [6.45, 7) is 0.113. The molecule has 2 rings (SSSR count). The molecule has 0 amide bonds. The molecule has 0 spiro atoms. The first-order chi connectivity index (χ1) is 9.19. The summed E-state index contributed by atoms with van der Waals surface area (Å²) in [6.07, 6.45) is 1.29. The topological polar surface area (TPSA) is 73.6 Å². The minimum atomic E-state index is -0.943. The van der Waals surface area contributed by atoms with Gasteiger partial charge in [0.05, 0.1) is 6.07 Å². The van der Waals surface area contributed by atoms with Gasteiger partial charge in [0.2, 0.25) is 0 Å². The average molecular weight is 261 g/mol. The highest BCUT2D eigenvalue weighted by atomic mass is 19.2. The summed E-state index contributed by atoms with van der Waals surface area (Å²) in [6, 6.07) is 6.91. The Bertz CT molecular complexity index is 624. The smallest absolute Gasteiger partial charge is 0.160 e. The number of rotatable bonds is 4.